The van der Waals surface area contributed by atoms with Gasteiger partial charge in [0.1, 0.15) is 11.8 Å². The Morgan fingerprint density at radius 2 is 1.80 bits per heavy atom. The van der Waals surface area contributed by atoms with Crippen LogP contribution < -0.4 is 9.77 Å². The molecule has 3 aromatic rings. The lowest BCUT2D eigenvalue weighted by molar-refractivity contribution is -0.137. The van der Waals surface area contributed by atoms with Crippen LogP contribution in [0.2, 0.25) is 0 Å². The van der Waals surface area contributed by atoms with Crippen LogP contribution in [0.5, 0.6) is 0 Å². The number of alkyl halides is 3. The van der Waals surface area contributed by atoms with E-state index in [-0.39, 0.29) is 23.0 Å². The molecule has 8 nitrogen and oxygen atoms in total. The molecule has 3 amide bonds. The predicted octanol–water partition coefficient (Wildman–Crippen LogP) is 4.13. The molecule has 0 spiro atoms. The fourth-order valence-electron chi connectivity index (χ4n) is 5.63. The van der Waals surface area contributed by atoms with Crippen LogP contribution in [0.4, 0.5) is 18.9 Å². The van der Waals surface area contributed by atoms with Gasteiger partial charge in [0.15, 0.2) is 0 Å². The van der Waals surface area contributed by atoms with Gasteiger partial charge in [0.2, 0.25) is 17.7 Å². The van der Waals surface area contributed by atoms with Crippen molar-refractivity contribution >= 4 is 46.5 Å². The largest absolute Gasteiger partial charge is 0.416 e. The minimum absolute atomic E-state index is 0.161. The quantitative estimate of drug-likeness (QED) is 0.426. The summed E-state index contributed by atoms with van der Waals surface area (Å²) < 4.78 is 41.6. The lowest BCUT2D eigenvalue weighted by Crippen LogP contribution is -2.39. The third-order valence-electron chi connectivity index (χ3n) is 7.53. The number of amides is 3. The van der Waals surface area contributed by atoms with E-state index in [4.69, 9.17) is 0 Å². The molecule has 0 N–H and O–H groups in total. The average molecular weight is 589 g/mol. The minimum atomic E-state index is -4.65. The van der Waals surface area contributed by atoms with E-state index >= 15 is 0 Å². The Morgan fingerprint density at radius 1 is 1.02 bits per heavy atom. The number of fused-ring (bicyclic) bond motifs is 2. The lowest BCUT2D eigenvalue weighted by Gasteiger charge is -2.31. The van der Waals surface area contributed by atoms with Crippen molar-refractivity contribution in [2.75, 3.05) is 18.0 Å². The van der Waals surface area contributed by atoms with E-state index in [0.29, 0.717) is 28.6 Å². The van der Waals surface area contributed by atoms with E-state index in [2.05, 4.69) is 4.98 Å². The molecular weight excluding hydrogens is 565 g/mol. The molecule has 0 saturated carbocycles. The Morgan fingerprint density at radius 3 is 2.50 bits per heavy atom. The Bertz CT molecular complexity index is 1550. The highest BCUT2D eigenvalue weighted by molar-refractivity contribution is 8.00. The number of hydrogen-bond acceptors (Lipinski definition) is 7. The van der Waals surface area contributed by atoms with Gasteiger partial charge in [-0.3, -0.25) is 28.7 Å². The van der Waals surface area contributed by atoms with Crippen molar-refractivity contribution in [1.29, 1.82) is 0 Å². The molecule has 3 aliphatic rings. The van der Waals surface area contributed by atoms with Gasteiger partial charge in [-0.25, -0.2) is 4.90 Å². The molecule has 40 heavy (non-hydrogen) atoms. The van der Waals surface area contributed by atoms with Gasteiger partial charge in [0, 0.05) is 36.3 Å². The first-order valence-electron chi connectivity index (χ1n) is 12.8. The zero-order valence-corrected chi connectivity index (χ0v) is 22.6. The number of nitrogens with zero attached hydrogens (tertiary/aromatic N) is 4. The maximum Gasteiger partial charge on any atom is 0.416 e. The molecule has 0 unspecified atom stereocenters. The number of anilines is 1. The van der Waals surface area contributed by atoms with Crippen molar-refractivity contribution in [1.82, 2.24) is 14.5 Å². The van der Waals surface area contributed by atoms with E-state index in [1.165, 1.54) is 10.6 Å². The summed E-state index contributed by atoms with van der Waals surface area (Å²) in [5.74, 6) is -3.19. The summed E-state index contributed by atoms with van der Waals surface area (Å²) in [5, 5.41) is -0.562. The normalized spacial score (nSPS) is 22.8. The highest BCUT2D eigenvalue weighted by Gasteiger charge is 2.57. The van der Waals surface area contributed by atoms with Crippen molar-refractivity contribution in [3.8, 4) is 0 Å². The van der Waals surface area contributed by atoms with Crippen LogP contribution in [-0.4, -0.2) is 50.5 Å². The monoisotopic (exact) mass is 588 g/mol. The van der Waals surface area contributed by atoms with Gasteiger partial charge in [-0.1, -0.05) is 35.2 Å². The summed E-state index contributed by atoms with van der Waals surface area (Å²) >= 11 is 1.95. The second-order valence-corrected chi connectivity index (χ2v) is 12.1. The van der Waals surface area contributed by atoms with E-state index < -0.39 is 40.6 Å². The van der Waals surface area contributed by atoms with Gasteiger partial charge in [-0.2, -0.15) is 13.2 Å². The van der Waals surface area contributed by atoms with Crippen LogP contribution in [0, 0.1) is 5.92 Å². The number of benzene rings is 1. The number of imide groups is 1. The number of piperidine rings is 1. The molecule has 2 fully saturated rings. The van der Waals surface area contributed by atoms with Gasteiger partial charge in [0.05, 0.1) is 22.2 Å². The Labute approximate surface area is 234 Å². The van der Waals surface area contributed by atoms with Crippen LogP contribution in [0.15, 0.2) is 58.6 Å². The van der Waals surface area contributed by atoms with Crippen LogP contribution in [-0.2, 0) is 27.1 Å². The molecule has 6 rings (SSSR count). The molecule has 13 heteroatoms. The first-order valence-corrected chi connectivity index (χ1v) is 14.5. The average Bonchev–Trinajstić information content (AvgIpc) is 3.39. The van der Waals surface area contributed by atoms with Crippen molar-refractivity contribution < 1.29 is 27.6 Å². The molecule has 0 bridgehead atoms. The number of thiazole rings is 1. The van der Waals surface area contributed by atoms with Crippen molar-refractivity contribution in [3.63, 3.8) is 0 Å². The van der Waals surface area contributed by atoms with Crippen molar-refractivity contribution in [2.45, 2.75) is 48.2 Å². The zero-order valence-electron chi connectivity index (χ0n) is 21.0. The first kappa shape index (κ1) is 26.8. The molecule has 5 heterocycles. The molecule has 3 aliphatic heterocycles. The third-order valence-corrected chi connectivity index (χ3v) is 10.1. The Balaban J connectivity index is 1.42. The second-order valence-electron chi connectivity index (χ2n) is 9.95. The molecular formula is C27H23F3N4O4S2. The van der Waals surface area contributed by atoms with E-state index in [9.17, 15) is 32.3 Å². The van der Waals surface area contributed by atoms with Gasteiger partial charge in [-0.15, -0.1) is 0 Å². The summed E-state index contributed by atoms with van der Waals surface area (Å²) in [4.78, 5) is 60.7. The van der Waals surface area contributed by atoms with Crippen LogP contribution in [0.1, 0.15) is 41.2 Å². The van der Waals surface area contributed by atoms with E-state index in [0.717, 1.165) is 65.5 Å². The minimum Gasteiger partial charge on any atom is -0.341 e. The third kappa shape index (κ3) is 4.54. The second kappa shape index (κ2) is 10.2. The first-order chi connectivity index (χ1) is 19.1. The summed E-state index contributed by atoms with van der Waals surface area (Å²) in [6.07, 6.45) is 1.29. The number of likely N-dealkylation sites (tertiary alicyclic amines) is 1. The van der Waals surface area contributed by atoms with Crippen molar-refractivity contribution in [3.05, 3.63) is 74.5 Å². The van der Waals surface area contributed by atoms with Crippen molar-refractivity contribution in [2.24, 2.45) is 5.92 Å². The van der Waals surface area contributed by atoms with Gasteiger partial charge >= 0.3 is 11.0 Å². The van der Waals surface area contributed by atoms with E-state index in [1.54, 1.807) is 29.4 Å². The number of rotatable bonds is 4. The van der Waals surface area contributed by atoms with Crippen LogP contribution in [0.25, 0.3) is 0 Å². The maximum absolute atomic E-state index is 13.8. The predicted molar refractivity (Wildman–Crippen MR) is 142 cm³/mol. The zero-order chi connectivity index (χ0) is 28.2. The number of halogens is 3. The van der Waals surface area contributed by atoms with Gasteiger partial charge in [0.25, 0.3) is 0 Å². The number of thioether (sulfide) groups is 1. The number of aromatic nitrogens is 2. The van der Waals surface area contributed by atoms with E-state index in [1.807, 2.05) is 0 Å². The topological polar surface area (TPSA) is 92.6 Å². The summed E-state index contributed by atoms with van der Waals surface area (Å²) in [7, 11) is 0. The highest BCUT2D eigenvalue weighted by Crippen LogP contribution is 2.54. The SMILES string of the molecule is O=C(Cn1c2c(sc1=O)[C@@H](c1cccnc1)[C@@H]1C(=O)N(c3cccc(C(F)(F)F)c3)C(=O)[C@@H]1S2)N1CCCCC1. The number of carbonyl (C=O) groups is 3. The molecule has 3 atom stereocenters. The number of hydrogen-bond donors (Lipinski definition) is 0. The molecule has 2 aromatic heterocycles. The summed E-state index contributed by atoms with van der Waals surface area (Å²) in [5.41, 5.74) is -0.534. The fraction of sp³-hybridized carbons (Fsp3) is 0.370. The van der Waals surface area contributed by atoms with Gasteiger partial charge in [-0.05, 0) is 49.1 Å². The molecule has 0 radical (unpaired) electrons. The summed E-state index contributed by atoms with van der Waals surface area (Å²) in [6, 6.07) is 7.55. The smallest absolute Gasteiger partial charge is 0.341 e. The number of carbonyl (C=O) groups excluding carboxylic acids is 3. The molecule has 208 valence electrons. The summed E-state index contributed by atoms with van der Waals surface area (Å²) in [6.45, 7) is 1.05. The molecule has 1 aromatic carbocycles. The number of pyridine rings is 1. The van der Waals surface area contributed by atoms with Gasteiger partial charge < -0.3 is 4.90 Å². The van der Waals surface area contributed by atoms with Crippen LogP contribution in [0.3, 0.4) is 0 Å². The standard InChI is InChI=1S/C27H23F3N4O4S2/c28-27(29,30)16-7-4-8-17(12-16)34-23(36)20-19(15-6-5-9-31-13-15)22-25(39-21(20)24(34)37)33(26(38)40-22)14-18(35)32-10-2-1-3-11-32/h4-9,12-13,19-21H,1-3,10-11,14H2/t19-,20-,21+/m0/s1. The molecule has 0 aliphatic carbocycles. The fourth-order valence-corrected chi connectivity index (χ4v) is 8.40. The van der Waals surface area contributed by atoms with Crippen LogP contribution >= 0.6 is 23.1 Å². The Kier molecular flexibility index (Phi) is 6.81. The Hall–Kier alpha value is -3.45. The maximum atomic E-state index is 13.8. The highest BCUT2D eigenvalue weighted by atomic mass is 32.2. The lowest BCUT2D eigenvalue weighted by atomic mass is 9.84. The molecule has 2 saturated heterocycles.